The molecule has 1 aromatic carbocycles. The second-order valence-electron chi connectivity index (χ2n) is 5.57. The normalized spacial score (nSPS) is 24.4. The number of amides is 2. The van der Waals surface area contributed by atoms with Crippen molar-refractivity contribution in [1.82, 2.24) is 0 Å². The minimum absolute atomic E-state index is 0.0808. The highest BCUT2D eigenvalue weighted by Gasteiger charge is 2.42. The van der Waals surface area contributed by atoms with Crippen LogP contribution in [0.5, 0.6) is 0 Å². The maximum absolute atomic E-state index is 12.4. The van der Waals surface area contributed by atoms with Crippen molar-refractivity contribution in [3.05, 3.63) is 24.3 Å². The molecular weight excluding hydrogens is 270 g/mol. The number of nitrogens with two attached hydrogens (primary N) is 1. The molecule has 6 nitrogen and oxygen atoms in total. The van der Waals surface area contributed by atoms with Crippen LogP contribution in [0.15, 0.2) is 24.3 Å². The second kappa shape index (κ2) is 6.13. The molecule has 1 aliphatic carbocycles. The van der Waals surface area contributed by atoms with Crippen molar-refractivity contribution in [3.63, 3.8) is 0 Å². The van der Waals surface area contributed by atoms with Gasteiger partial charge in [-0.3, -0.25) is 10.1 Å². The summed E-state index contributed by atoms with van der Waals surface area (Å²) in [5.74, 6) is -0.0808. The van der Waals surface area contributed by atoms with Crippen molar-refractivity contribution in [2.75, 3.05) is 17.7 Å². The number of anilines is 2. The highest BCUT2D eigenvalue weighted by molar-refractivity contribution is 5.96. The third-order valence-electron chi connectivity index (χ3n) is 4.10. The van der Waals surface area contributed by atoms with Gasteiger partial charge in [0.2, 0.25) is 5.91 Å². The molecule has 114 valence electrons. The lowest BCUT2D eigenvalue weighted by molar-refractivity contribution is -0.125. The quantitative estimate of drug-likeness (QED) is 0.796. The Hall–Kier alpha value is -2.08. The fourth-order valence-corrected chi connectivity index (χ4v) is 2.59. The van der Waals surface area contributed by atoms with E-state index in [0.717, 1.165) is 19.3 Å². The lowest BCUT2D eigenvalue weighted by Gasteiger charge is -2.27. The van der Waals surface area contributed by atoms with Gasteiger partial charge in [-0.05, 0) is 38.0 Å². The van der Waals surface area contributed by atoms with Crippen LogP contribution in [0.1, 0.15) is 26.2 Å². The molecule has 0 radical (unpaired) electrons. The highest BCUT2D eigenvalue weighted by Crippen LogP contribution is 2.37. The topological polar surface area (TPSA) is 93.5 Å². The zero-order valence-electron chi connectivity index (χ0n) is 12.3. The SMILES string of the molecule is COC(=O)Nc1cccc(NC(=O)C2(C)CCCC2N)c1. The molecule has 1 saturated carbocycles. The zero-order chi connectivity index (χ0) is 15.5. The first-order chi connectivity index (χ1) is 9.95. The van der Waals surface area contributed by atoms with Gasteiger partial charge in [-0.15, -0.1) is 0 Å². The van der Waals surface area contributed by atoms with Crippen molar-refractivity contribution < 1.29 is 14.3 Å². The van der Waals surface area contributed by atoms with E-state index in [4.69, 9.17) is 5.73 Å². The Kier molecular flexibility index (Phi) is 4.47. The maximum Gasteiger partial charge on any atom is 0.411 e. The number of carbonyl (C=O) groups is 2. The summed E-state index contributed by atoms with van der Waals surface area (Å²) in [6.45, 7) is 1.90. The fraction of sp³-hybridized carbons (Fsp3) is 0.467. The Balaban J connectivity index is 2.07. The molecule has 0 aliphatic heterocycles. The minimum atomic E-state index is -0.553. The third kappa shape index (κ3) is 3.33. The molecule has 4 N–H and O–H groups in total. The van der Waals surface area contributed by atoms with Gasteiger partial charge in [-0.2, -0.15) is 0 Å². The predicted octanol–water partition coefficient (Wildman–Crippen LogP) is 2.32. The van der Waals surface area contributed by atoms with Gasteiger partial charge < -0.3 is 15.8 Å². The molecule has 0 saturated heterocycles. The average molecular weight is 291 g/mol. The Morgan fingerprint density at radius 3 is 2.57 bits per heavy atom. The molecule has 1 fully saturated rings. The average Bonchev–Trinajstić information content (AvgIpc) is 2.80. The van der Waals surface area contributed by atoms with Crippen molar-refractivity contribution in [2.45, 2.75) is 32.2 Å². The number of hydrogen-bond acceptors (Lipinski definition) is 4. The van der Waals surface area contributed by atoms with E-state index in [2.05, 4.69) is 15.4 Å². The molecule has 0 aromatic heterocycles. The Morgan fingerprint density at radius 2 is 2.00 bits per heavy atom. The monoisotopic (exact) mass is 291 g/mol. The van der Waals surface area contributed by atoms with Gasteiger partial charge in [-0.25, -0.2) is 4.79 Å². The minimum Gasteiger partial charge on any atom is -0.453 e. The van der Waals surface area contributed by atoms with Crippen molar-refractivity contribution >= 4 is 23.4 Å². The first-order valence-corrected chi connectivity index (χ1v) is 6.98. The van der Waals surface area contributed by atoms with E-state index in [0.29, 0.717) is 11.4 Å². The van der Waals surface area contributed by atoms with Crippen LogP contribution in [0.25, 0.3) is 0 Å². The summed E-state index contributed by atoms with van der Waals surface area (Å²) in [4.78, 5) is 23.6. The van der Waals surface area contributed by atoms with Crippen LogP contribution < -0.4 is 16.4 Å². The van der Waals surface area contributed by atoms with Gasteiger partial charge in [0.25, 0.3) is 0 Å². The largest absolute Gasteiger partial charge is 0.453 e. The van der Waals surface area contributed by atoms with Crippen LogP contribution in [0.4, 0.5) is 16.2 Å². The van der Waals surface area contributed by atoms with Gasteiger partial charge in [0.1, 0.15) is 0 Å². The zero-order valence-corrected chi connectivity index (χ0v) is 12.3. The van der Waals surface area contributed by atoms with Crippen molar-refractivity contribution in [2.24, 2.45) is 11.1 Å². The van der Waals surface area contributed by atoms with E-state index < -0.39 is 11.5 Å². The van der Waals surface area contributed by atoms with Crippen molar-refractivity contribution in [3.8, 4) is 0 Å². The summed E-state index contributed by atoms with van der Waals surface area (Å²) >= 11 is 0. The standard InChI is InChI=1S/C15H21N3O3/c1-15(8-4-7-12(15)16)13(19)17-10-5-3-6-11(9-10)18-14(20)21-2/h3,5-6,9,12H,4,7-8,16H2,1-2H3,(H,17,19)(H,18,20). The van der Waals surface area contributed by atoms with Crippen molar-refractivity contribution in [1.29, 1.82) is 0 Å². The lowest BCUT2D eigenvalue weighted by atomic mass is 9.84. The molecule has 2 rings (SSSR count). The number of benzene rings is 1. The van der Waals surface area contributed by atoms with Gasteiger partial charge in [0.15, 0.2) is 0 Å². The maximum atomic E-state index is 12.4. The number of hydrogen-bond donors (Lipinski definition) is 3. The molecular formula is C15H21N3O3. The number of nitrogens with one attached hydrogen (secondary N) is 2. The molecule has 6 heteroatoms. The number of rotatable bonds is 3. The van der Waals surface area contributed by atoms with Crippen LogP contribution in [-0.4, -0.2) is 25.2 Å². The van der Waals surface area contributed by atoms with Crippen LogP contribution in [0.3, 0.4) is 0 Å². The van der Waals surface area contributed by atoms with E-state index >= 15 is 0 Å². The molecule has 1 aliphatic rings. The van der Waals surface area contributed by atoms with Gasteiger partial charge in [0, 0.05) is 17.4 Å². The summed E-state index contributed by atoms with van der Waals surface area (Å²) < 4.78 is 4.53. The number of methoxy groups -OCH3 is 1. The molecule has 0 heterocycles. The van der Waals surface area contributed by atoms with Gasteiger partial charge in [0.05, 0.1) is 12.5 Å². The Labute approximate surface area is 124 Å². The molecule has 2 amide bonds. The number of carbonyl (C=O) groups excluding carboxylic acids is 2. The molecule has 2 atom stereocenters. The smallest absolute Gasteiger partial charge is 0.411 e. The van der Waals surface area contributed by atoms with Gasteiger partial charge in [-0.1, -0.05) is 12.5 Å². The first kappa shape index (κ1) is 15.3. The van der Waals surface area contributed by atoms with Crippen LogP contribution in [-0.2, 0) is 9.53 Å². The van der Waals surface area contributed by atoms with Crippen LogP contribution in [0.2, 0.25) is 0 Å². The van der Waals surface area contributed by atoms with Gasteiger partial charge >= 0.3 is 6.09 Å². The summed E-state index contributed by atoms with van der Waals surface area (Å²) in [6, 6.07) is 6.80. The molecule has 21 heavy (non-hydrogen) atoms. The molecule has 0 spiro atoms. The number of ether oxygens (including phenoxy) is 1. The summed E-state index contributed by atoms with van der Waals surface area (Å²) in [5, 5.41) is 5.43. The molecule has 2 unspecified atom stereocenters. The summed E-state index contributed by atoms with van der Waals surface area (Å²) in [7, 11) is 1.29. The summed E-state index contributed by atoms with van der Waals surface area (Å²) in [6.07, 6.45) is 2.08. The third-order valence-corrected chi connectivity index (χ3v) is 4.10. The van der Waals surface area contributed by atoms with E-state index in [1.165, 1.54) is 7.11 Å². The van der Waals surface area contributed by atoms with E-state index in [-0.39, 0.29) is 11.9 Å². The second-order valence-corrected chi connectivity index (χ2v) is 5.57. The predicted molar refractivity (Wildman–Crippen MR) is 81.0 cm³/mol. The Bertz CT molecular complexity index is 547. The molecule has 0 bridgehead atoms. The van der Waals surface area contributed by atoms with Crippen LogP contribution in [0, 0.1) is 5.41 Å². The summed E-state index contributed by atoms with van der Waals surface area (Å²) in [5.41, 5.74) is 6.69. The van der Waals surface area contributed by atoms with Crippen LogP contribution >= 0.6 is 0 Å². The molecule has 1 aromatic rings. The Morgan fingerprint density at radius 1 is 1.33 bits per heavy atom. The highest BCUT2D eigenvalue weighted by atomic mass is 16.5. The van der Waals surface area contributed by atoms with E-state index in [9.17, 15) is 9.59 Å². The lowest BCUT2D eigenvalue weighted by Crippen LogP contribution is -2.44. The van der Waals surface area contributed by atoms with E-state index in [1.807, 2.05) is 6.92 Å². The first-order valence-electron chi connectivity index (χ1n) is 6.98. The fourth-order valence-electron chi connectivity index (χ4n) is 2.59. The van der Waals surface area contributed by atoms with E-state index in [1.54, 1.807) is 24.3 Å².